The Hall–Kier alpha value is -1.61. The molecule has 0 aliphatic heterocycles. The maximum Gasteiger partial charge on any atom is 0.320 e. The number of nitrogens with one attached hydrogen (secondary N) is 1. The SMILES string of the molecule is CC(NCC=Cc1ccccc1)C(=O)O. The van der Waals surface area contributed by atoms with Crippen LogP contribution in [0.2, 0.25) is 0 Å². The first-order valence-electron chi connectivity index (χ1n) is 4.88. The number of rotatable bonds is 5. The summed E-state index contributed by atoms with van der Waals surface area (Å²) in [4.78, 5) is 10.5. The summed E-state index contributed by atoms with van der Waals surface area (Å²) >= 11 is 0. The fourth-order valence-electron chi connectivity index (χ4n) is 1.09. The lowest BCUT2D eigenvalue weighted by Crippen LogP contribution is -2.33. The van der Waals surface area contributed by atoms with Crippen molar-refractivity contribution in [2.45, 2.75) is 13.0 Å². The molecule has 1 aromatic rings. The summed E-state index contributed by atoms with van der Waals surface area (Å²) < 4.78 is 0. The van der Waals surface area contributed by atoms with Crippen molar-refractivity contribution >= 4 is 12.0 Å². The zero-order valence-corrected chi connectivity index (χ0v) is 8.68. The van der Waals surface area contributed by atoms with Crippen LogP contribution in [0.1, 0.15) is 12.5 Å². The number of aliphatic carboxylic acids is 1. The number of hydrogen-bond donors (Lipinski definition) is 2. The second kappa shape index (κ2) is 5.98. The third kappa shape index (κ3) is 4.42. The largest absolute Gasteiger partial charge is 0.480 e. The molecule has 1 rings (SSSR count). The minimum Gasteiger partial charge on any atom is -0.480 e. The van der Waals surface area contributed by atoms with E-state index in [9.17, 15) is 4.79 Å². The van der Waals surface area contributed by atoms with Gasteiger partial charge < -0.3 is 10.4 Å². The summed E-state index contributed by atoms with van der Waals surface area (Å²) in [6, 6.07) is 9.38. The van der Waals surface area contributed by atoms with E-state index in [1.165, 1.54) is 0 Å². The molecule has 0 aromatic heterocycles. The van der Waals surface area contributed by atoms with Crippen molar-refractivity contribution in [2.24, 2.45) is 0 Å². The van der Waals surface area contributed by atoms with Gasteiger partial charge in [0.15, 0.2) is 0 Å². The topological polar surface area (TPSA) is 49.3 Å². The summed E-state index contributed by atoms with van der Waals surface area (Å²) in [5.74, 6) is -0.830. The van der Waals surface area contributed by atoms with E-state index in [2.05, 4.69) is 5.32 Å². The highest BCUT2D eigenvalue weighted by Crippen LogP contribution is 1.99. The van der Waals surface area contributed by atoms with E-state index in [1.807, 2.05) is 42.5 Å². The summed E-state index contributed by atoms with van der Waals surface area (Å²) in [6.07, 6.45) is 3.87. The lowest BCUT2D eigenvalue weighted by molar-refractivity contribution is -0.138. The van der Waals surface area contributed by atoms with Gasteiger partial charge in [0.25, 0.3) is 0 Å². The van der Waals surface area contributed by atoms with Gasteiger partial charge in [0.1, 0.15) is 6.04 Å². The number of benzene rings is 1. The molecule has 1 atom stereocenters. The van der Waals surface area contributed by atoms with Gasteiger partial charge in [-0.3, -0.25) is 4.79 Å². The average molecular weight is 205 g/mol. The van der Waals surface area contributed by atoms with E-state index in [-0.39, 0.29) is 0 Å². The molecule has 0 radical (unpaired) electrons. The Morgan fingerprint density at radius 1 is 1.47 bits per heavy atom. The fourth-order valence-corrected chi connectivity index (χ4v) is 1.09. The molecular weight excluding hydrogens is 190 g/mol. The molecule has 0 spiro atoms. The zero-order valence-electron chi connectivity index (χ0n) is 8.68. The van der Waals surface area contributed by atoms with Gasteiger partial charge >= 0.3 is 5.97 Å². The summed E-state index contributed by atoms with van der Waals surface area (Å²) in [6.45, 7) is 2.18. The molecule has 0 saturated carbocycles. The highest BCUT2D eigenvalue weighted by atomic mass is 16.4. The maximum absolute atomic E-state index is 10.5. The molecule has 3 nitrogen and oxygen atoms in total. The highest BCUT2D eigenvalue weighted by Gasteiger charge is 2.06. The van der Waals surface area contributed by atoms with E-state index in [4.69, 9.17) is 5.11 Å². The fraction of sp³-hybridized carbons (Fsp3) is 0.250. The molecule has 80 valence electrons. The molecule has 0 heterocycles. The molecule has 1 aromatic carbocycles. The monoisotopic (exact) mass is 205 g/mol. The van der Waals surface area contributed by atoms with Gasteiger partial charge in [-0.05, 0) is 12.5 Å². The number of carboxylic acid groups (broad SMARTS) is 1. The standard InChI is InChI=1S/C12H15NO2/c1-10(12(14)15)13-9-5-8-11-6-3-2-4-7-11/h2-8,10,13H,9H2,1H3,(H,14,15). The summed E-state index contributed by atoms with van der Waals surface area (Å²) in [5, 5.41) is 11.5. The van der Waals surface area contributed by atoms with Crippen LogP contribution in [0.3, 0.4) is 0 Å². The molecule has 3 heteroatoms. The number of hydrogen-bond acceptors (Lipinski definition) is 2. The Bertz CT molecular complexity index is 333. The maximum atomic E-state index is 10.5. The van der Waals surface area contributed by atoms with E-state index >= 15 is 0 Å². The van der Waals surface area contributed by atoms with Crippen LogP contribution in [-0.2, 0) is 4.79 Å². The van der Waals surface area contributed by atoms with Crippen LogP contribution in [0, 0.1) is 0 Å². The Morgan fingerprint density at radius 3 is 2.73 bits per heavy atom. The molecule has 0 saturated heterocycles. The zero-order chi connectivity index (χ0) is 11.1. The first kappa shape index (κ1) is 11.5. The summed E-state index contributed by atoms with van der Waals surface area (Å²) in [7, 11) is 0. The minimum absolute atomic E-state index is 0.509. The Morgan fingerprint density at radius 2 is 2.13 bits per heavy atom. The minimum atomic E-state index is -0.830. The van der Waals surface area contributed by atoms with Crippen molar-refractivity contribution in [3.8, 4) is 0 Å². The van der Waals surface area contributed by atoms with Crippen LogP contribution in [-0.4, -0.2) is 23.7 Å². The normalized spacial score (nSPS) is 12.9. The second-order valence-corrected chi connectivity index (χ2v) is 3.28. The Labute approximate surface area is 89.4 Å². The van der Waals surface area contributed by atoms with E-state index in [1.54, 1.807) is 6.92 Å². The van der Waals surface area contributed by atoms with Gasteiger partial charge in [-0.2, -0.15) is 0 Å². The first-order valence-corrected chi connectivity index (χ1v) is 4.88. The molecule has 0 fully saturated rings. The average Bonchev–Trinajstić information content (AvgIpc) is 2.25. The Balaban J connectivity index is 2.32. The Kier molecular flexibility index (Phi) is 4.57. The molecule has 15 heavy (non-hydrogen) atoms. The van der Waals surface area contributed by atoms with Gasteiger partial charge in [-0.25, -0.2) is 0 Å². The third-order valence-corrected chi connectivity index (χ3v) is 2.02. The van der Waals surface area contributed by atoms with Gasteiger partial charge in [-0.15, -0.1) is 0 Å². The molecule has 2 N–H and O–H groups in total. The van der Waals surface area contributed by atoms with Gasteiger partial charge in [0, 0.05) is 6.54 Å². The second-order valence-electron chi connectivity index (χ2n) is 3.28. The van der Waals surface area contributed by atoms with Gasteiger partial charge in [0.2, 0.25) is 0 Å². The smallest absolute Gasteiger partial charge is 0.320 e. The van der Waals surface area contributed by atoms with E-state index in [0.717, 1.165) is 5.56 Å². The predicted octanol–water partition coefficient (Wildman–Crippen LogP) is 1.76. The van der Waals surface area contributed by atoms with Crippen LogP contribution >= 0.6 is 0 Å². The molecule has 0 amide bonds. The quantitative estimate of drug-likeness (QED) is 0.770. The number of carboxylic acids is 1. The van der Waals surface area contributed by atoms with Crippen LogP contribution in [0.25, 0.3) is 6.08 Å². The summed E-state index contributed by atoms with van der Waals surface area (Å²) in [5.41, 5.74) is 1.11. The number of carbonyl (C=O) groups is 1. The lowest BCUT2D eigenvalue weighted by atomic mass is 10.2. The molecule has 0 aliphatic carbocycles. The first-order chi connectivity index (χ1) is 7.20. The van der Waals surface area contributed by atoms with Crippen LogP contribution in [0.5, 0.6) is 0 Å². The molecule has 0 aliphatic rings. The van der Waals surface area contributed by atoms with E-state index in [0.29, 0.717) is 6.54 Å². The van der Waals surface area contributed by atoms with Gasteiger partial charge in [-0.1, -0.05) is 42.5 Å². The lowest BCUT2D eigenvalue weighted by Gasteiger charge is -2.05. The van der Waals surface area contributed by atoms with Crippen molar-refractivity contribution in [2.75, 3.05) is 6.54 Å². The van der Waals surface area contributed by atoms with Crippen molar-refractivity contribution < 1.29 is 9.90 Å². The highest BCUT2D eigenvalue weighted by molar-refractivity contribution is 5.72. The molecule has 1 unspecified atom stereocenters. The molecular formula is C12H15NO2. The van der Waals surface area contributed by atoms with Gasteiger partial charge in [0.05, 0.1) is 0 Å². The van der Waals surface area contributed by atoms with Crippen LogP contribution in [0.15, 0.2) is 36.4 Å². The third-order valence-electron chi connectivity index (χ3n) is 2.02. The van der Waals surface area contributed by atoms with Crippen LogP contribution < -0.4 is 5.32 Å². The van der Waals surface area contributed by atoms with Crippen molar-refractivity contribution in [1.82, 2.24) is 5.32 Å². The predicted molar refractivity (Wildman–Crippen MR) is 60.6 cm³/mol. The van der Waals surface area contributed by atoms with Crippen molar-refractivity contribution in [3.05, 3.63) is 42.0 Å². The van der Waals surface area contributed by atoms with Crippen LogP contribution in [0.4, 0.5) is 0 Å². The van der Waals surface area contributed by atoms with Crippen molar-refractivity contribution in [3.63, 3.8) is 0 Å². The van der Waals surface area contributed by atoms with Crippen molar-refractivity contribution in [1.29, 1.82) is 0 Å². The molecule has 0 bridgehead atoms. The van der Waals surface area contributed by atoms with E-state index < -0.39 is 12.0 Å².